The fourth-order valence-electron chi connectivity index (χ4n) is 2.50. The van der Waals surface area contributed by atoms with E-state index in [9.17, 15) is 13.2 Å². The lowest BCUT2D eigenvalue weighted by atomic mass is 10.2. The Balaban J connectivity index is 1.94. The standard InChI is InChI=1S/C18H24N2O4S/c1-4-24-18(21)13-16-8-7-15(20(16)3)11-12-19-25(22,23)17-9-5-14(2)6-10-17/h5-10,19H,4,11-13H2,1-3H3. The molecule has 2 rings (SSSR count). The van der Waals surface area contributed by atoms with Crippen LogP contribution in [0.2, 0.25) is 0 Å². The van der Waals surface area contributed by atoms with Crippen molar-refractivity contribution in [2.24, 2.45) is 7.05 Å². The number of ether oxygens (including phenoxy) is 1. The predicted octanol–water partition coefficient (Wildman–Crippen LogP) is 1.96. The summed E-state index contributed by atoms with van der Waals surface area (Å²) in [5, 5.41) is 0. The van der Waals surface area contributed by atoms with Crippen molar-refractivity contribution in [1.29, 1.82) is 0 Å². The van der Waals surface area contributed by atoms with Gasteiger partial charge in [0.25, 0.3) is 0 Å². The number of sulfonamides is 1. The van der Waals surface area contributed by atoms with Crippen LogP contribution < -0.4 is 4.72 Å². The fourth-order valence-corrected chi connectivity index (χ4v) is 3.53. The third kappa shape index (κ3) is 5.17. The number of nitrogens with one attached hydrogen (secondary N) is 1. The van der Waals surface area contributed by atoms with E-state index in [4.69, 9.17) is 4.74 Å². The summed E-state index contributed by atoms with van der Waals surface area (Å²) in [5.74, 6) is -0.268. The molecule has 136 valence electrons. The van der Waals surface area contributed by atoms with Crippen LogP contribution in [-0.4, -0.2) is 32.1 Å². The third-order valence-electron chi connectivity index (χ3n) is 3.97. The Morgan fingerprint density at radius 2 is 1.76 bits per heavy atom. The summed E-state index contributed by atoms with van der Waals surface area (Å²) >= 11 is 0. The van der Waals surface area contributed by atoms with Crippen molar-refractivity contribution in [3.63, 3.8) is 0 Å². The van der Waals surface area contributed by atoms with Crippen LogP contribution in [0.3, 0.4) is 0 Å². The molecule has 0 aliphatic rings. The first-order chi connectivity index (χ1) is 11.8. The van der Waals surface area contributed by atoms with Crippen LogP contribution >= 0.6 is 0 Å². The number of benzene rings is 1. The van der Waals surface area contributed by atoms with Crippen LogP contribution in [0, 0.1) is 6.92 Å². The van der Waals surface area contributed by atoms with E-state index in [1.54, 1.807) is 31.2 Å². The highest BCUT2D eigenvalue weighted by Gasteiger charge is 2.14. The zero-order chi connectivity index (χ0) is 18.4. The van der Waals surface area contributed by atoms with Crippen LogP contribution in [0.4, 0.5) is 0 Å². The average Bonchev–Trinajstić information content (AvgIpc) is 2.88. The van der Waals surface area contributed by atoms with Gasteiger partial charge < -0.3 is 9.30 Å². The Morgan fingerprint density at radius 3 is 2.40 bits per heavy atom. The molecule has 1 heterocycles. The quantitative estimate of drug-likeness (QED) is 0.727. The average molecular weight is 364 g/mol. The molecule has 0 spiro atoms. The Kier molecular flexibility index (Phi) is 6.39. The molecule has 0 amide bonds. The Morgan fingerprint density at radius 1 is 1.12 bits per heavy atom. The van der Waals surface area contributed by atoms with Gasteiger partial charge in [0.1, 0.15) is 0 Å². The highest BCUT2D eigenvalue weighted by Crippen LogP contribution is 2.12. The molecule has 0 atom stereocenters. The van der Waals surface area contributed by atoms with Crippen molar-refractivity contribution < 1.29 is 17.9 Å². The zero-order valence-electron chi connectivity index (χ0n) is 14.8. The molecule has 0 bridgehead atoms. The van der Waals surface area contributed by atoms with Crippen molar-refractivity contribution in [2.45, 2.75) is 31.6 Å². The van der Waals surface area contributed by atoms with Crippen LogP contribution in [0.15, 0.2) is 41.3 Å². The molecule has 0 fully saturated rings. The maximum atomic E-state index is 12.3. The molecule has 25 heavy (non-hydrogen) atoms. The summed E-state index contributed by atoms with van der Waals surface area (Å²) < 4.78 is 34.0. The van der Waals surface area contributed by atoms with E-state index < -0.39 is 10.0 Å². The van der Waals surface area contributed by atoms with Crippen LogP contribution in [0.25, 0.3) is 0 Å². The molecule has 0 aliphatic carbocycles. The second-order valence-corrected chi connectivity index (χ2v) is 7.58. The van der Waals surface area contributed by atoms with Gasteiger partial charge in [-0.2, -0.15) is 0 Å². The monoisotopic (exact) mass is 364 g/mol. The van der Waals surface area contributed by atoms with Crippen LogP contribution in [-0.2, 0) is 39.4 Å². The normalized spacial score (nSPS) is 11.5. The van der Waals surface area contributed by atoms with E-state index in [0.29, 0.717) is 13.0 Å². The van der Waals surface area contributed by atoms with Gasteiger partial charge in [0.05, 0.1) is 17.9 Å². The van der Waals surface area contributed by atoms with Crippen molar-refractivity contribution >= 4 is 16.0 Å². The number of aromatic nitrogens is 1. The summed E-state index contributed by atoms with van der Waals surface area (Å²) in [6.45, 7) is 4.32. The van der Waals surface area contributed by atoms with Gasteiger partial charge in [0, 0.05) is 31.4 Å². The third-order valence-corrected chi connectivity index (χ3v) is 5.44. The summed E-state index contributed by atoms with van der Waals surface area (Å²) in [4.78, 5) is 11.8. The van der Waals surface area contributed by atoms with E-state index in [1.165, 1.54) is 0 Å². The van der Waals surface area contributed by atoms with Gasteiger partial charge in [-0.25, -0.2) is 13.1 Å². The number of nitrogens with zero attached hydrogens (tertiary/aromatic N) is 1. The van der Waals surface area contributed by atoms with Gasteiger partial charge in [0.15, 0.2) is 0 Å². The predicted molar refractivity (Wildman–Crippen MR) is 95.8 cm³/mol. The topological polar surface area (TPSA) is 77.4 Å². The van der Waals surface area contributed by atoms with Crippen molar-refractivity contribution in [3.05, 3.63) is 53.3 Å². The SMILES string of the molecule is CCOC(=O)Cc1ccc(CCNS(=O)(=O)c2ccc(C)cc2)n1C. The second kappa shape index (κ2) is 8.31. The largest absolute Gasteiger partial charge is 0.466 e. The van der Waals surface area contributed by atoms with Crippen molar-refractivity contribution in [2.75, 3.05) is 13.2 Å². The van der Waals surface area contributed by atoms with Gasteiger partial charge in [0.2, 0.25) is 10.0 Å². The molecule has 0 saturated heterocycles. The number of esters is 1. The molecular formula is C18H24N2O4S. The van der Waals surface area contributed by atoms with E-state index >= 15 is 0 Å². The Bertz CT molecular complexity index is 823. The van der Waals surface area contributed by atoms with Crippen LogP contribution in [0.1, 0.15) is 23.9 Å². The van der Waals surface area contributed by atoms with E-state index in [-0.39, 0.29) is 23.8 Å². The van der Waals surface area contributed by atoms with Crippen LogP contribution in [0.5, 0.6) is 0 Å². The molecule has 0 radical (unpaired) electrons. The summed E-state index contributed by atoms with van der Waals surface area (Å²) in [6, 6.07) is 10.5. The number of aryl methyl sites for hydroxylation is 1. The van der Waals surface area contributed by atoms with Gasteiger partial charge in [-0.1, -0.05) is 17.7 Å². The molecular weight excluding hydrogens is 340 g/mol. The Hall–Kier alpha value is -2.12. The van der Waals surface area contributed by atoms with Gasteiger partial charge in [-0.3, -0.25) is 4.79 Å². The first kappa shape index (κ1) is 19.2. The van der Waals surface area contributed by atoms with Gasteiger partial charge >= 0.3 is 5.97 Å². The van der Waals surface area contributed by atoms with E-state index in [2.05, 4.69) is 4.72 Å². The number of carbonyl (C=O) groups excluding carboxylic acids is 1. The number of hydrogen-bond acceptors (Lipinski definition) is 4. The minimum atomic E-state index is -3.51. The van der Waals surface area contributed by atoms with Gasteiger partial charge in [-0.05, 0) is 38.1 Å². The summed E-state index contributed by atoms with van der Waals surface area (Å²) in [5.41, 5.74) is 2.80. The lowest BCUT2D eigenvalue weighted by molar-refractivity contribution is -0.142. The maximum absolute atomic E-state index is 12.3. The van der Waals surface area contributed by atoms with Crippen molar-refractivity contribution in [1.82, 2.24) is 9.29 Å². The molecule has 2 aromatic rings. The summed E-state index contributed by atoms with van der Waals surface area (Å²) in [6.07, 6.45) is 0.740. The first-order valence-corrected chi connectivity index (χ1v) is 9.67. The van der Waals surface area contributed by atoms with E-state index in [0.717, 1.165) is 17.0 Å². The summed E-state index contributed by atoms with van der Waals surface area (Å²) in [7, 11) is -1.65. The van der Waals surface area contributed by atoms with Gasteiger partial charge in [-0.15, -0.1) is 0 Å². The molecule has 7 heteroatoms. The molecule has 1 aromatic heterocycles. The minimum Gasteiger partial charge on any atom is -0.466 e. The second-order valence-electron chi connectivity index (χ2n) is 5.82. The fraction of sp³-hybridized carbons (Fsp3) is 0.389. The highest BCUT2D eigenvalue weighted by atomic mass is 32.2. The maximum Gasteiger partial charge on any atom is 0.311 e. The van der Waals surface area contributed by atoms with E-state index in [1.807, 2.05) is 30.7 Å². The molecule has 0 aliphatic heterocycles. The minimum absolute atomic E-state index is 0.208. The first-order valence-electron chi connectivity index (χ1n) is 8.19. The smallest absolute Gasteiger partial charge is 0.311 e. The molecule has 6 nitrogen and oxygen atoms in total. The Labute approximate surface area is 148 Å². The lowest BCUT2D eigenvalue weighted by Crippen LogP contribution is -2.26. The number of carbonyl (C=O) groups is 1. The molecule has 1 aromatic carbocycles. The molecule has 1 N–H and O–H groups in total. The highest BCUT2D eigenvalue weighted by molar-refractivity contribution is 7.89. The zero-order valence-corrected chi connectivity index (χ0v) is 15.6. The molecule has 0 unspecified atom stereocenters. The lowest BCUT2D eigenvalue weighted by Gasteiger charge is -2.09. The number of hydrogen-bond donors (Lipinski definition) is 1. The number of rotatable bonds is 8. The van der Waals surface area contributed by atoms with Crippen molar-refractivity contribution in [3.8, 4) is 0 Å². The molecule has 0 saturated carbocycles.